The number of rotatable bonds is 5. The van der Waals surface area contributed by atoms with Crippen LogP contribution in [0, 0.1) is 12.3 Å². The monoisotopic (exact) mass is 276 g/mol. The lowest BCUT2D eigenvalue weighted by Crippen LogP contribution is -2.32. The molecule has 2 heterocycles. The highest BCUT2D eigenvalue weighted by atomic mass is 16.2. The molecule has 0 aromatic carbocycles. The van der Waals surface area contributed by atoms with E-state index in [1.807, 2.05) is 18.7 Å². The first-order valence-electron chi connectivity index (χ1n) is 7.16. The van der Waals surface area contributed by atoms with Gasteiger partial charge in [-0.2, -0.15) is 0 Å². The van der Waals surface area contributed by atoms with E-state index < -0.39 is 0 Å². The van der Waals surface area contributed by atoms with E-state index in [1.54, 1.807) is 19.5 Å². The maximum Gasteiger partial charge on any atom is 0.227 e. The van der Waals surface area contributed by atoms with Crippen LogP contribution in [0.25, 0.3) is 0 Å². The Balaban J connectivity index is 2.08. The van der Waals surface area contributed by atoms with Gasteiger partial charge in [0.05, 0.1) is 12.5 Å². The summed E-state index contributed by atoms with van der Waals surface area (Å²) in [5.74, 6) is 1.22. The number of aromatic amines is 1. The van der Waals surface area contributed by atoms with E-state index in [-0.39, 0.29) is 23.7 Å². The predicted octanol–water partition coefficient (Wildman–Crippen LogP) is 2.06. The number of likely N-dealkylation sites (tertiary alicyclic amines) is 1. The molecule has 0 aliphatic carbocycles. The minimum atomic E-state index is 0.0122. The predicted molar refractivity (Wildman–Crippen MR) is 75.8 cm³/mol. The molecule has 1 radical (unpaired) electrons. The Morgan fingerprint density at radius 1 is 1.55 bits per heavy atom. The summed E-state index contributed by atoms with van der Waals surface area (Å²) < 4.78 is 0. The van der Waals surface area contributed by atoms with Gasteiger partial charge in [-0.15, -0.1) is 0 Å². The quantitative estimate of drug-likeness (QED) is 0.895. The van der Waals surface area contributed by atoms with Crippen LogP contribution >= 0.6 is 0 Å². The lowest BCUT2D eigenvalue weighted by atomic mass is 10.1. The van der Waals surface area contributed by atoms with Crippen LogP contribution < -0.4 is 0 Å². The maximum absolute atomic E-state index is 12.2. The van der Waals surface area contributed by atoms with Crippen LogP contribution in [-0.4, -0.2) is 33.1 Å². The Morgan fingerprint density at radius 2 is 2.30 bits per heavy atom. The number of amides is 1. The van der Waals surface area contributed by atoms with Crippen molar-refractivity contribution in [2.45, 2.75) is 46.1 Å². The first kappa shape index (κ1) is 14.8. The number of nitrogens with zero attached hydrogens (tertiary/aromatic N) is 2. The van der Waals surface area contributed by atoms with Crippen LogP contribution in [0.1, 0.15) is 51.2 Å². The zero-order chi connectivity index (χ0) is 14.7. The molecule has 1 amide bonds. The van der Waals surface area contributed by atoms with Crippen LogP contribution in [0.2, 0.25) is 0 Å². The zero-order valence-corrected chi connectivity index (χ0v) is 12.3. The Hall–Kier alpha value is -1.65. The summed E-state index contributed by atoms with van der Waals surface area (Å²) in [6, 6.07) is 0.0122. The van der Waals surface area contributed by atoms with Crippen molar-refractivity contribution in [3.8, 4) is 0 Å². The standard InChI is InChI=1S/C15H22N3O2/c1-10(2)7-14(20)18-6-4-5-13(18)15-16-9-12(17-15)8-11(3)19/h7,9-10,13H,4-6,8H2,1-3H3,(H,16,17)/t13-/m1/s1. The maximum atomic E-state index is 12.2. The van der Waals surface area contributed by atoms with Gasteiger partial charge in [0.25, 0.3) is 0 Å². The summed E-state index contributed by atoms with van der Waals surface area (Å²) in [5.41, 5.74) is 0.819. The van der Waals surface area contributed by atoms with Crippen molar-refractivity contribution in [2.24, 2.45) is 5.92 Å². The molecule has 1 N–H and O–H groups in total. The molecule has 5 nitrogen and oxygen atoms in total. The van der Waals surface area contributed by atoms with Crippen molar-refractivity contribution >= 4 is 11.7 Å². The third-order valence-electron chi connectivity index (χ3n) is 3.41. The second-order valence-electron chi connectivity index (χ2n) is 5.77. The molecule has 0 bridgehead atoms. The van der Waals surface area contributed by atoms with Crippen molar-refractivity contribution in [2.75, 3.05) is 6.54 Å². The van der Waals surface area contributed by atoms with E-state index in [0.717, 1.165) is 30.9 Å². The van der Waals surface area contributed by atoms with Crippen molar-refractivity contribution < 1.29 is 9.59 Å². The molecular weight excluding hydrogens is 254 g/mol. The van der Waals surface area contributed by atoms with Crippen LogP contribution in [0.15, 0.2) is 6.20 Å². The first-order valence-corrected chi connectivity index (χ1v) is 7.16. The van der Waals surface area contributed by atoms with E-state index in [9.17, 15) is 9.59 Å². The third-order valence-corrected chi connectivity index (χ3v) is 3.41. The smallest absolute Gasteiger partial charge is 0.227 e. The third kappa shape index (κ3) is 3.46. The Kier molecular flexibility index (Phi) is 4.57. The lowest BCUT2D eigenvalue weighted by Gasteiger charge is -2.23. The number of Topliss-reactive ketones (excluding diaryl/α,β-unsaturated/α-hetero) is 1. The molecule has 1 fully saturated rings. The molecule has 0 saturated carbocycles. The zero-order valence-electron chi connectivity index (χ0n) is 12.3. The van der Waals surface area contributed by atoms with Crippen molar-refractivity contribution in [1.82, 2.24) is 14.9 Å². The molecular formula is C15H22N3O2. The second-order valence-corrected chi connectivity index (χ2v) is 5.77. The minimum Gasteiger partial charge on any atom is -0.344 e. The molecule has 2 rings (SSSR count). The van der Waals surface area contributed by atoms with E-state index in [1.165, 1.54) is 0 Å². The second kappa shape index (κ2) is 6.20. The molecule has 5 heteroatoms. The molecule has 1 aliphatic rings. The average Bonchev–Trinajstić information content (AvgIpc) is 2.94. The summed E-state index contributed by atoms with van der Waals surface area (Å²) in [5, 5.41) is 0. The number of hydrogen-bond acceptors (Lipinski definition) is 3. The molecule has 1 aliphatic heterocycles. The number of carbonyl (C=O) groups is 2. The number of aromatic nitrogens is 2. The normalized spacial score (nSPS) is 18.8. The Labute approximate surface area is 119 Å². The van der Waals surface area contributed by atoms with Crippen molar-refractivity contribution in [1.29, 1.82) is 0 Å². The van der Waals surface area contributed by atoms with E-state index in [0.29, 0.717) is 6.42 Å². The molecule has 20 heavy (non-hydrogen) atoms. The molecule has 1 atom stereocenters. The van der Waals surface area contributed by atoms with Gasteiger partial charge in [0.15, 0.2) is 0 Å². The number of nitrogens with one attached hydrogen (secondary N) is 1. The number of carbonyl (C=O) groups excluding carboxylic acids is 2. The largest absolute Gasteiger partial charge is 0.344 e. The van der Waals surface area contributed by atoms with E-state index in [2.05, 4.69) is 9.97 Å². The first-order chi connectivity index (χ1) is 9.47. The fourth-order valence-electron chi connectivity index (χ4n) is 2.60. The molecule has 109 valence electrons. The average molecular weight is 276 g/mol. The summed E-state index contributed by atoms with van der Waals surface area (Å²) in [4.78, 5) is 32.7. The van der Waals surface area contributed by atoms with Gasteiger partial charge in [-0.05, 0) is 25.7 Å². The van der Waals surface area contributed by atoms with Gasteiger partial charge in [0, 0.05) is 24.9 Å². The van der Waals surface area contributed by atoms with Gasteiger partial charge in [-0.3, -0.25) is 9.59 Å². The van der Waals surface area contributed by atoms with Crippen molar-refractivity contribution in [3.05, 3.63) is 24.1 Å². The summed E-state index contributed by atoms with van der Waals surface area (Å²) >= 11 is 0. The molecule has 0 spiro atoms. The Bertz CT molecular complexity index is 493. The van der Waals surface area contributed by atoms with Gasteiger partial charge in [0.1, 0.15) is 11.6 Å². The van der Waals surface area contributed by atoms with Gasteiger partial charge >= 0.3 is 0 Å². The SMILES string of the molecule is CC(=O)Cc1cnc([C@H]2CCCN2C(=O)[CH]C(C)C)[nH]1. The fraction of sp³-hybridized carbons (Fsp3) is 0.600. The summed E-state index contributed by atoms with van der Waals surface area (Å²) in [6.45, 7) is 6.33. The topological polar surface area (TPSA) is 66.1 Å². The highest BCUT2D eigenvalue weighted by Crippen LogP contribution is 2.31. The van der Waals surface area contributed by atoms with Gasteiger partial charge in [0.2, 0.25) is 5.91 Å². The number of hydrogen-bond donors (Lipinski definition) is 1. The van der Waals surface area contributed by atoms with Crippen LogP contribution in [-0.2, 0) is 16.0 Å². The summed E-state index contributed by atoms with van der Waals surface area (Å²) in [6.07, 6.45) is 5.73. The highest BCUT2D eigenvalue weighted by molar-refractivity contribution is 5.85. The van der Waals surface area contributed by atoms with E-state index >= 15 is 0 Å². The van der Waals surface area contributed by atoms with Gasteiger partial charge < -0.3 is 9.88 Å². The van der Waals surface area contributed by atoms with Gasteiger partial charge in [-0.25, -0.2) is 4.98 Å². The van der Waals surface area contributed by atoms with Crippen LogP contribution in [0.4, 0.5) is 0 Å². The molecule has 1 aromatic heterocycles. The molecule has 1 saturated heterocycles. The van der Waals surface area contributed by atoms with E-state index in [4.69, 9.17) is 0 Å². The number of H-pyrrole nitrogens is 1. The fourth-order valence-corrected chi connectivity index (χ4v) is 2.60. The van der Waals surface area contributed by atoms with Crippen LogP contribution in [0.3, 0.4) is 0 Å². The van der Waals surface area contributed by atoms with Crippen LogP contribution in [0.5, 0.6) is 0 Å². The Morgan fingerprint density at radius 3 is 2.95 bits per heavy atom. The number of imidazole rings is 1. The molecule has 0 unspecified atom stereocenters. The van der Waals surface area contributed by atoms with Crippen molar-refractivity contribution in [3.63, 3.8) is 0 Å². The molecule has 1 aromatic rings. The van der Waals surface area contributed by atoms with Gasteiger partial charge in [-0.1, -0.05) is 13.8 Å². The minimum absolute atomic E-state index is 0.0122. The summed E-state index contributed by atoms with van der Waals surface area (Å²) in [7, 11) is 0. The highest BCUT2D eigenvalue weighted by Gasteiger charge is 2.32. The lowest BCUT2D eigenvalue weighted by molar-refractivity contribution is -0.129. The number of ketones is 1.